The van der Waals surface area contributed by atoms with Crippen LogP contribution in [0.5, 0.6) is 0 Å². The topological polar surface area (TPSA) is 61.9 Å². The van der Waals surface area contributed by atoms with Gasteiger partial charge in [-0.2, -0.15) is 5.43 Å². The number of carbonyl (C=O) groups is 1. The van der Waals surface area contributed by atoms with Crippen LogP contribution in [0.3, 0.4) is 0 Å². The number of quaternary nitrogens is 1. The number of amides is 1. The van der Waals surface area contributed by atoms with Crippen LogP contribution in [0.2, 0.25) is 0 Å². The molecule has 1 heterocycles. The summed E-state index contributed by atoms with van der Waals surface area (Å²) in [4.78, 5) is 12.2. The fourth-order valence-corrected chi connectivity index (χ4v) is 2.29. The normalized spacial score (nSPS) is 19.5. The average Bonchev–Trinajstić information content (AvgIpc) is 3.11. The van der Waals surface area contributed by atoms with E-state index in [1.807, 2.05) is 38.4 Å². The van der Waals surface area contributed by atoms with E-state index in [0.29, 0.717) is 18.2 Å². The number of aliphatic hydroxyl groups is 1. The Hall–Kier alpha value is -1.43. The van der Waals surface area contributed by atoms with Crippen LogP contribution in [0.15, 0.2) is 24.3 Å². The van der Waals surface area contributed by atoms with E-state index in [0.717, 1.165) is 13.0 Å². The van der Waals surface area contributed by atoms with Gasteiger partial charge in [0, 0.05) is 12.0 Å². The van der Waals surface area contributed by atoms with Gasteiger partial charge in [0.1, 0.15) is 12.6 Å². The molecular formula is C15H23N2O3+. The first-order valence-corrected chi connectivity index (χ1v) is 6.90. The van der Waals surface area contributed by atoms with Gasteiger partial charge in [0.15, 0.2) is 0 Å². The lowest BCUT2D eigenvalue weighted by Crippen LogP contribution is -2.57. The molecule has 0 radical (unpaired) electrons. The molecular weight excluding hydrogens is 256 g/mol. The van der Waals surface area contributed by atoms with Crippen LogP contribution in [-0.2, 0) is 11.2 Å². The minimum Gasteiger partial charge on any atom is -0.387 e. The van der Waals surface area contributed by atoms with Gasteiger partial charge in [0.2, 0.25) is 0 Å². The summed E-state index contributed by atoms with van der Waals surface area (Å²) in [6.45, 7) is 3.01. The van der Waals surface area contributed by atoms with Crippen LogP contribution in [-0.4, -0.2) is 55.1 Å². The highest BCUT2D eigenvalue weighted by atomic mass is 16.6. The molecule has 2 unspecified atom stereocenters. The first-order valence-electron chi connectivity index (χ1n) is 6.90. The van der Waals surface area contributed by atoms with Gasteiger partial charge in [-0.3, -0.25) is 4.79 Å². The Labute approximate surface area is 119 Å². The van der Waals surface area contributed by atoms with Crippen LogP contribution in [0, 0.1) is 0 Å². The molecule has 0 spiro atoms. The van der Waals surface area contributed by atoms with E-state index in [4.69, 9.17) is 4.74 Å². The predicted octanol–water partition coefficient (Wildman–Crippen LogP) is 0.730. The highest BCUT2D eigenvalue weighted by molar-refractivity contribution is 5.93. The quantitative estimate of drug-likeness (QED) is 0.458. The summed E-state index contributed by atoms with van der Waals surface area (Å²) in [5.74, 6) is -0.134. The van der Waals surface area contributed by atoms with E-state index in [-0.39, 0.29) is 10.5 Å². The van der Waals surface area contributed by atoms with Crippen molar-refractivity contribution in [1.82, 2.24) is 5.43 Å². The van der Waals surface area contributed by atoms with Gasteiger partial charge >= 0.3 is 0 Å². The van der Waals surface area contributed by atoms with E-state index in [2.05, 4.69) is 5.43 Å². The molecule has 0 bridgehead atoms. The second-order valence-electron chi connectivity index (χ2n) is 6.01. The second-order valence-corrected chi connectivity index (χ2v) is 6.01. The fraction of sp³-hybridized carbons (Fsp3) is 0.533. The monoisotopic (exact) mass is 279 g/mol. The highest BCUT2D eigenvalue weighted by Crippen LogP contribution is 2.16. The first kappa shape index (κ1) is 15.0. The third-order valence-electron chi connectivity index (χ3n) is 3.21. The maximum absolute atomic E-state index is 12.2. The van der Waals surface area contributed by atoms with Gasteiger partial charge in [-0.1, -0.05) is 12.1 Å². The summed E-state index contributed by atoms with van der Waals surface area (Å²) >= 11 is 0. The smallest absolute Gasteiger partial charge is 0.295 e. The maximum Gasteiger partial charge on any atom is 0.295 e. The zero-order chi connectivity index (χ0) is 14.8. The lowest BCUT2D eigenvalue weighted by molar-refractivity contribution is -0.927. The van der Waals surface area contributed by atoms with Gasteiger partial charge in [-0.15, -0.1) is 0 Å². The van der Waals surface area contributed by atoms with Crippen molar-refractivity contribution in [2.24, 2.45) is 0 Å². The van der Waals surface area contributed by atoms with E-state index >= 15 is 0 Å². The molecule has 1 aliphatic heterocycles. The van der Waals surface area contributed by atoms with Crippen molar-refractivity contribution in [3.05, 3.63) is 35.4 Å². The van der Waals surface area contributed by atoms with Crippen LogP contribution >= 0.6 is 0 Å². The fourth-order valence-electron chi connectivity index (χ4n) is 2.29. The van der Waals surface area contributed by atoms with E-state index in [9.17, 15) is 9.90 Å². The second kappa shape index (κ2) is 5.91. The minimum absolute atomic E-state index is 0.134. The summed E-state index contributed by atoms with van der Waals surface area (Å²) < 4.78 is 5.43. The van der Waals surface area contributed by atoms with Gasteiger partial charge < -0.3 is 9.84 Å². The zero-order valence-electron chi connectivity index (χ0n) is 12.3. The molecule has 20 heavy (non-hydrogen) atoms. The van der Waals surface area contributed by atoms with E-state index < -0.39 is 6.10 Å². The van der Waals surface area contributed by atoms with Crippen molar-refractivity contribution >= 4 is 5.91 Å². The van der Waals surface area contributed by atoms with Crippen molar-refractivity contribution in [1.29, 1.82) is 0 Å². The Bertz CT molecular complexity index is 465. The standard InChI is InChI=1S/C15H22N2O3/c1-11(18)9-17(2,3)16-15(19)13-6-4-12(5-7-13)8-14-10-20-14/h4-7,11,14,18H,8-10H2,1-3H3/p+1. The Kier molecular flexibility index (Phi) is 4.42. The molecule has 1 amide bonds. The van der Waals surface area contributed by atoms with E-state index in [1.54, 1.807) is 6.92 Å². The molecule has 1 aromatic carbocycles. The lowest BCUT2D eigenvalue weighted by atomic mass is 10.1. The molecule has 2 atom stereocenters. The molecule has 2 N–H and O–H groups in total. The lowest BCUT2D eigenvalue weighted by Gasteiger charge is -2.30. The van der Waals surface area contributed by atoms with Gasteiger partial charge in [-0.05, 0) is 24.6 Å². The van der Waals surface area contributed by atoms with Crippen LogP contribution in [0.4, 0.5) is 0 Å². The molecule has 0 aliphatic carbocycles. The number of benzene rings is 1. The first-order chi connectivity index (χ1) is 9.35. The molecule has 5 nitrogen and oxygen atoms in total. The Balaban J connectivity index is 1.94. The van der Waals surface area contributed by atoms with Crippen molar-refractivity contribution in [3.63, 3.8) is 0 Å². The summed E-state index contributed by atoms with van der Waals surface area (Å²) in [5.41, 5.74) is 4.70. The SMILES string of the molecule is CC(O)C[N+](C)(C)NC(=O)c1ccc(CC2CO2)cc1. The molecule has 0 saturated carbocycles. The average molecular weight is 279 g/mol. The Morgan fingerprint density at radius 3 is 2.55 bits per heavy atom. The van der Waals surface area contributed by atoms with Gasteiger partial charge in [0.25, 0.3) is 5.91 Å². The predicted molar refractivity (Wildman–Crippen MR) is 76.0 cm³/mol. The minimum atomic E-state index is -0.466. The van der Waals surface area contributed by atoms with Crippen molar-refractivity contribution in [3.8, 4) is 0 Å². The third-order valence-corrected chi connectivity index (χ3v) is 3.21. The van der Waals surface area contributed by atoms with Gasteiger partial charge in [-0.25, -0.2) is 4.59 Å². The summed E-state index contributed by atoms with van der Waals surface area (Å²) in [7, 11) is 3.70. The molecule has 1 aromatic rings. The largest absolute Gasteiger partial charge is 0.387 e. The molecule has 5 heteroatoms. The Morgan fingerprint density at radius 1 is 1.45 bits per heavy atom. The maximum atomic E-state index is 12.2. The van der Waals surface area contributed by atoms with Crippen molar-refractivity contribution in [2.45, 2.75) is 25.6 Å². The number of aliphatic hydroxyl groups excluding tert-OH is 1. The van der Waals surface area contributed by atoms with Crippen molar-refractivity contribution < 1.29 is 19.2 Å². The van der Waals surface area contributed by atoms with Gasteiger partial charge in [0.05, 0.1) is 26.8 Å². The molecule has 110 valence electrons. The molecule has 1 aliphatic rings. The molecule has 2 rings (SSSR count). The van der Waals surface area contributed by atoms with Crippen molar-refractivity contribution in [2.75, 3.05) is 27.2 Å². The number of likely N-dealkylation sites (N-methyl/N-ethyl adjacent to an activating group) is 1. The number of rotatable bonds is 6. The summed E-state index contributed by atoms with van der Waals surface area (Å²) in [5, 5.41) is 9.42. The molecule has 0 aromatic heterocycles. The number of nitrogens with zero attached hydrogens (tertiary/aromatic N) is 1. The number of nitrogens with one attached hydrogen (secondary N) is 1. The van der Waals surface area contributed by atoms with Crippen LogP contribution < -0.4 is 5.43 Å². The number of hydrogen-bond acceptors (Lipinski definition) is 3. The Morgan fingerprint density at radius 2 is 2.05 bits per heavy atom. The third kappa shape index (κ3) is 4.59. The summed E-state index contributed by atoms with van der Waals surface area (Å²) in [6.07, 6.45) is 0.799. The summed E-state index contributed by atoms with van der Waals surface area (Å²) in [6, 6.07) is 7.58. The van der Waals surface area contributed by atoms with E-state index in [1.165, 1.54) is 5.56 Å². The molecule has 1 fully saturated rings. The number of ether oxygens (including phenoxy) is 1. The van der Waals surface area contributed by atoms with Crippen LogP contribution in [0.25, 0.3) is 0 Å². The number of carbonyl (C=O) groups excluding carboxylic acids is 1. The molecule has 1 saturated heterocycles. The van der Waals surface area contributed by atoms with Crippen LogP contribution in [0.1, 0.15) is 22.8 Å². The number of hydrogen-bond donors (Lipinski definition) is 2. The zero-order valence-corrected chi connectivity index (χ0v) is 12.3. The highest BCUT2D eigenvalue weighted by Gasteiger charge is 2.24. The number of epoxide rings is 1.